The normalized spacial score (nSPS) is 10.3. The first-order chi connectivity index (χ1) is 7.74. The van der Waals surface area contributed by atoms with E-state index in [0.29, 0.717) is 4.77 Å². The van der Waals surface area contributed by atoms with Crippen molar-refractivity contribution >= 4 is 24.0 Å². The van der Waals surface area contributed by atoms with Gasteiger partial charge in [0.05, 0.1) is 0 Å². The Morgan fingerprint density at radius 1 is 1.31 bits per heavy atom. The van der Waals surface area contributed by atoms with Gasteiger partial charge in [-0.05, 0) is 30.8 Å². The fourth-order valence-electron chi connectivity index (χ4n) is 1.36. The summed E-state index contributed by atoms with van der Waals surface area (Å²) >= 11 is 6.74. The van der Waals surface area contributed by atoms with Crippen molar-refractivity contribution < 1.29 is 0 Å². The molecule has 0 radical (unpaired) electrons. The second-order valence-corrected chi connectivity index (χ2v) is 4.86. The van der Waals surface area contributed by atoms with Gasteiger partial charge in [-0.1, -0.05) is 30.3 Å². The fraction of sp³-hybridized carbons (Fsp3) is 0.167. The first-order valence-electron chi connectivity index (χ1n) is 4.99. The first kappa shape index (κ1) is 11.4. The van der Waals surface area contributed by atoms with Crippen molar-refractivity contribution in [1.82, 2.24) is 9.97 Å². The van der Waals surface area contributed by atoms with Crippen LogP contribution >= 0.6 is 24.0 Å². The van der Waals surface area contributed by atoms with Gasteiger partial charge in [0.2, 0.25) is 0 Å². The molecule has 1 aromatic carbocycles. The van der Waals surface area contributed by atoms with Crippen LogP contribution in [0.4, 0.5) is 0 Å². The summed E-state index contributed by atoms with van der Waals surface area (Å²) in [6, 6.07) is 12.4. The Hall–Kier alpha value is -1.13. The molecular formula is C12H12N2S2. The number of thioether (sulfide) groups is 1. The summed E-state index contributed by atoms with van der Waals surface area (Å²) in [5, 5.41) is 0.977. The smallest absolute Gasteiger partial charge is 0.198 e. The van der Waals surface area contributed by atoms with Gasteiger partial charge >= 0.3 is 0 Å². The lowest BCUT2D eigenvalue weighted by Crippen LogP contribution is -1.89. The lowest BCUT2D eigenvalue weighted by Gasteiger charge is -2.02. The Morgan fingerprint density at radius 3 is 2.75 bits per heavy atom. The van der Waals surface area contributed by atoms with Gasteiger partial charge in [0.1, 0.15) is 5.03 Å². The summed E-state index contributed by atoms with van der Waals surface area (Å²) in [4.78, 5) is 7.27. The predicted octanol–water partition coefficient (Wildman–Crippen LogP) is 3.74. The standard InChI is InChI=1S/C12H12N2S2/c1-9-7-11(14-12(15)13-9)16-8-10-5-3-2-4-6-10/h2-7H,8H2,1H3,(H,13,14,15). The molecule has 0 aliphatic rings. The van der Waals surface area contributed by atoms with Crippen molar-refractivity contribution in [3.05, 3.63) is 52.4 Å². The molecule has 1 N–H and O–H groups in total. The van der Waals surface area contributed by atoms with E-state index in [2.05, 4.69) is 22.1 Å². The highest BCUT2D eigenvalue weighted by Gasteiger charge is 1.98. The number of aromatic amines is 1. The van der Waals surface area contributed by atoms with E-state index in [1.54, 1.807) is 11.8 Å². The molecule has 4 heteroatoms. The summed E-state index contributed by atoms with van der Waals surface area (Å²) in [5.74, 6) is 0.923. The fourth-order valence-corrected chi connectivity index (χ4v) is 2.60. The van der Waals surface area contributed by atoms with Gasteiger partial charge in [-0.25, -0.2) is 4.98 Å². The van der Waals surface area contributed by atoms with Crippen LogP contribution in [0.15, 0.2) is 41.4 Å². The quantitative estimate of drug-likeness (QED) is 0.509. The molecule has 0 saturated carbocycles. The molecule has 1 heterocycles. The average Bonchev–Trinajstić information content (AvgIpc) is 2.27. The highest BCUT2D eigenvalue weighted by atomic mass is 32.2. The van der Waals surface area contributed by atoms with Crippen molar-refractivity contribution in [2.75, 3.05) is 0 Å². The van der Waals surface area contributed by atoms with Crippen molar-refractivity contribution in [2.45, 2.75) is 17.7 Å². The van der Waals surface area contributed by atoms with E-state index < -0.39 is 0 Å². The zero-order valence-corrected chi connectivity index (χ0v) is 10.6. The van der Waals surface area contributed by atoms with Crippen molar-refractivity contribution in [2.24, 2.45) is 0 Å². The number of aromatic nitrogens is 2. The molecule has 0 bridgehead atoms. The molecule has 0 amide bonds. The number of benzene rings is 1. The average molecular weight is 248 g/mol. The van der Waals surface area contributed by atoms with Crippen LogP contribution < -0.4 is 0 Å². The van der Waals surface area contributed by atoms with Crippen LogP contribution in [0.25, 0.3) is 0 Å². The summed E-state index contributed by atoms with van der Waals surface area (Å²) in [5.41, 5.74) is 2.35. The van der Waals surface area contributed by atoms with Crippen LogP contribution in [0, 0.1) is 11.7 Å². The zero-order chi connectivity index (χ0) is 11.4. The molecule has 2 aromatic rings. The maximum absolute atomic E-state index is 5.04. The number of H-pyrrole nitrogens is 1. The molecular weight excluding hydrogens is 236 g/mol. The Bertz CT molecular complexity index is 520. The summed E-state index contributed by atoms with van der Waals surface area (Å²) < 4.78 is 0.551. The Labute approximate surface area is 104 Å². The molecule has 2 rings (SSSR count). The molecule has 82 valence electrons. The minimum atomic E-state index is 0.551. The largest absolute Gasteiger partial charge is 0.335 e. The molecule has 0 spiro atoms. The molecule has 0 aliphatic carbocycles. The lowest BCUT2D eigenvalue weighted by molar-refractivity contribution is 0.983. The molecule has 16 heavy (non-hydrogen) atoms. The Balaban J connectivity index is 2.08. The maximum Gasteiger partial charge on any atom is 0.198 e. The molecule has 0 saturated heterocycles. The van der Waals surface area contributed by atoms with Crippen molar-refractivity contribution in [3.8, 4) is 0 Å². The van der Waals surface area contributed by atoms with Crippen LogP contribution in [-0.2, 0) is 5.75 Å². The number of nitrogens with one attached hydrogen (secondary N) is 1. The van der Waals surface area contributed by atoms with Crippen LogP contribution in [0.5, 0.6) is 0 Å². The van der Waals surface area contributed by atoms with Gasteiger partial charge in [0, 0.05) is 11.4 Å². The van der Waals surface area contributed by atoms with Gasteiger partial charge in [-0.15, -0.1) is 11.8 Å². The van der Waals surface area contributed by atoms with Crippen LogP contribution in [-0.4, -0.2) is 9.97 Å². The van der Waals surface area contributed by atoms with E-state index in [4.69, 9.17) is 12.2 Å². The SMILES string of the molecule is Cc1cc(SCc2ccccc2)nc(=S)[nH]1. The third-order valence-electron chi connectivity index (χ3n) is 2.09. The Morgan fingerprint density at radius 2 is 2.06 bits per heavy atom. The second-order valence-electron chi connectivity index (χ2n) is 3.48. The molecule has 0 unspecified atom stereocenters. The van der Waals surface area contributed by atoms with Gasteiger partial charge in [-0.2, -0.15) is 0 Å². The van der Waals surface area contributed by atoms with E-state index >= 15 is 0 Å². The molecule has 0 aliphatic heterocycles. The number of nitrogens with zero attached hydrogens (tertiary/aromatic N) is 1. The van der Waals surface area contributed by atoms with Crippen LogP contribution in [0.2, 0.25) is 0 Å². The van der Waals surface area contributed by atoms with E-state index in [9.17, 15) is 0 Å². The molecule has 2 nitrogen and oxygen atoms in total. The lowest BCUT2D eigenvalue weighted by atomic mass is 10.2. The minimum Gasteiger partial charge on any atom is -0.335 e. The topological polar surface area (TPSA) is 28.7 Å². The van der Waals surface area contributed by atoms with E-state index in [-0.39, 0.29) is 0 Å². The summed E-state index contributed by atoms with van der Waals surface area (Å²) in [6.45, 7) is 1.99. The van der Waals surface area contributed by atoms with E-state index in [0.717, 1.165) is 16.5 Å². The maximum atomic E-state index is 5.04. The first-order valence-corrected chi connectivity index (χ1v) is 6.38. The van der Waals surface area contributed by atoms with Crippen molar-refractivity contribution in [1.29, 1.82) is 0 Å². The van der Waals surface area contributed by atoms with Crippen LogP contribution in [0.3, 0.4) is 0 Å². The predicted molar refractivity (Wildman–Crippen MR) is 70.2 cm³/mol. The minimum absolute atomic E-state index is 0.551. The van der Waals surface area contributed by atoms with Gasteiger partial charge < -0.3 is 4.98 Å². The van der Waals surface area contributed by atoms with Gasteiger partial charge in [0.25, 0.3) is 0 Å². The van der Waals surface area contributed by atoms with Crippen LogP contribution in [0.1, 0.15) is 11.3 Å². The third kappa shape index (κ3) is 3.18. The molecule has 1 aromatic heterocycles. The second kappa shape index (κ2) is 5.27. The summed E-state index contributed by atoms with van der Waals surface area (Å²) in [7, 11) is 0. The Kier molecular flexibility index (Phi) is 3.74. The monoisotopic (exact) mass is 248 g/mol. The third-order valence-corrected chi connectivity index (χ3v) is 3.26. The van der Waals surface area contributed by atoms with Gasteiger partial charge in [-0.3, -0.25) is 0 Å². The number of rotatable bonds is 3. The molecule has 0 fully saturated rings. The number of hydrogen-bond acceptors (Lipinski definition) is 3. The van der Waals surface area contributed by atoms with Gasteiger partial charge in [0.15, 0.2) is 4.77 Å². The number of hydrogen-bond donors (Lipinski definition) is 1. The highest BCUT2D eigenvalue weighted by molar-refractivity contribution is 7.98. The van der Waals surface area contributed by atoms with Crippen molar-refractivity contribution in [3.63, 3.8) is 0 Å². The molecule has 0 atom stereocenters. The highest BCUT2D eigenvalue weighted by Crippen LogP contribution is 2.20. The van der Waals surface area contributed by atoms with E-state index in [1.807, 2.05) is 31.2 Å². The number of aryl methyl sites for hydroxylation is 1. The zero-order valence-electron chi connectivity index (χ0n) is 8.93. The summed E-state index contributed by atoms with van der Waals surface area (Å²) in [6.07, 6.45) is 0. The van der Waals surface area contributed by atoms with E-state index in [1.165, 1.54) is 5.56 Å².